The van der Waals surface area contributed by atoms with E-state index in [9.17, 15) is 19.2 Å². The summed E-state index contributed by atoms with van der Waals surface area (Å²) >= 11 is 0. The molecule has 1 aliphatic heterocycles. The molecule has 1 aliphatic rings. The first-order valence-electron chi connectivity index (χ1n) is 8.48. The highest BCUT2D eigenvalue weighted by atomic mass is 16.4. The third-order valence-electron chi connectivity index (χ3n) is 4.24. The largest absolute Gasteiger partial charge is 0.480 e. The van der Waals surface area contributed by atoms with Gasteiger partial charge in [0.15, 0.2) is 15.3 Å². The highest BCUT2D eigenvalue weighted by Gasteiger charge is 2.34. The van der Waals surface area contributed by atoms with Crippen molar-refractivity contribution in [3.8, 4) is 0 Å². The molecule has 12 heteroatoms. The number of likely N-dealkylation sites (tertiary alicyclic amines) is 1. The van der Waals surface area contributed by atoms with Crippen LogP contribution in [0.1, 0.15) is 26.2 Å². The summed E-state index contributed by atoms with van der Waals surface area (Å²) in [6, 6.07) is -0.944. The van der Waals surface area contributed by atoms with E-state index in [1.54, 1.807) is 4.90 Å². The maximum atomic E-state index is 12.3. The van der Waals surface area contributed by atoms with Crippen LogP contribution in [0.3, 0.4) is 0 Å². The number of aliphatic carboxylic acids is 1. The Morgan fingerprint density at radius 1 is 1.28 bits per heavy atom. The summed E-state index contributed by atoms with van der Waals surface area (Å²) in [6.07, 6.45) is -0.330. The summed E-state index contributed by atoms with van der Waals surface area (Å²) in [7, 11) is 4.59. The van der Waals surface area contributed by atoms with E-state index >= 15 is 0 Å². The zero-order chi connectivity index (χ0) is 19.0. The first-order valence-corrected chi connectivity index (χ1v) is 8.48. The molecule has 0 aromatic rings. The molecule has 0 radical (unpaired) electrons. The van der Waals surface area contributed by atoms with Crippen molar-refractivity contribution in [1.29, 1.82) is 0 Å². The summed E-state index contributed by atoms with van der Waals surface area (Å²) in [5, 5.41) is 17.9. The van der Waals surface area contributed by atoms with Gasteiger partial charge in [-0.2, -0.15) is 0 Å². The Bertz CT molecular complexity index is 522. The average Bonchev–Trinajstić information content (AvgIpc) is 2.94. The lowest BCUT2D eigenvalue weighted by molar-refractivity contribution is -0.143. The molecular formula is C13H25B3N4O5. The van der Waals surface area contributed by atoms with Crippen LogP contribution in [-0.2, 0) is 19.2 Å². The van der Waals surface area contributed by atoms with Crippen molar-refractivity contribution in [2.75, 3.05) is 13.1 Å². The van der Waals surface area contributed by atoms with Gasteiger partial charge in [0.2, 0.25) is 11.8 Å². The second-order valence-corrected chi connectivity index (χ2v) is 6.23. The normalized spacial score (nSPS) is 20.8. The number of hydrogen-bond acceptors (Lipinski definition) is 6. The number of carboxylic acid groups (broad SMARTS) is 1. The summed E-state index contributed by atoms with van der Waals surface area (Å²) in [5.74, 6) is -2.35. The van der Waals surface area contributed by atoms with E-state index in [-0.39, 0.29) is 36.6 Å². The fourth-order valence-electron chi connectivity index (χ4n) is 2.87. The van der Waals surface area contributed by atoms with Crippen LogP contribution in [0.25, 0.3) is 0 Å². The van der Waals surface area contributed by atoms with Crippen molar-refractivity contribution in [3.63, 3.8) is 0 Å². The van der Waals surface area contributed by atoms with Gasteiger partial charge in [0.25, 0.3) is 0 Å². The smallest absolute Gasteiger partial charge is 0.326 e. The molecule has 2 amide bonds. The molecule has 1 heterocycles. The van der Waals surface area contributed by atoms with Crippen molar-refractivity contribution in [2.24, 2.45) is 0 Å². The molecule has 0 bridgehead atoms. The van der Waals surface area contributed by atoms with Crippen LogP contribution in [0.2, 0.25) is 0 Å². The van der Waals surface area contributed by atoms with Crippen molar-refractivity contribution in [1.82, 2.24) is 20.7 Å². The first kappa shape index (κ1) is 21.2. The van der Waals surface area contributed by atoms with Crippen LogP contribution in [0, 0.1) is 0 Å². The molecule has 25 heavy (non-hydrogen) atoms. The minimum atomic E-state index is -1.22. The van der Waals surface area contributed by atoms with E-state index in [0.29, 0.717) is 13.1 Å². The van der Waals surface area contributed by atoms with Gasteiger partial charge in [0.05, 0.1) is 7.74 Å². The number of carbonyl (C=O) groups excluding carboxylic acids is 3. The number of carboxylic acids is 1. The Kier molecular flexibility index (Phi) is 8.70. The molecule has 0 aromatic carbocycles. The number of ketones is 1. The van der Waals surface area contributed by atoms with E-state index in [4.69, 9.17) is 5.11 Å². The van der Waals surface area contributed by atoms with Gasteiger partial charge in [0, 0.05) is 31.6 Å². The van der Waals surface area contributed by atoms with Crippen LogP contribution in [-0.4, -0.2) is 87.8 Å². The molecule has 3 unspecified atom stereocenters. The van der Waals surface area contributed by atoms with Crippen LogP contribution < -0.4 is 15.8 Å². The maximum Gasteiger partial charge on any atom is 0.326 e. The predicted molar refractivity (Wildman–Crippen MR) is 98.8 cm³/mol. The summed E-state index contributed by atoms with van der Waals surface area (Å²) in [5.41, 5.74) is 0. The zero-order valence-corrected chi connectivity index (χ0v) is 15.0. The lowest BCUT2D eigenvalue weighted by Gasteiger charge is -2.18. The highest BCUT2D eigenvalue weighted by molar-refractivity contribution is 6.87. The third kappa shape index (κ3) is 6.91. The lowest BCUT2D eigenvalue weighted by Crippen LogP contribution is -2.47. The minimum Gasteiger partial charge on any atom is -0.480 e. The molecule has 136 valence electrons. The van der Waals surface area contributed by atoms with Crippen LogP contribution in [0.5, 0.6) is 0 Å². The zero-order valence-electron chi connectivity index (χ0n) is 15.0. The van der Waals surface area contributed by atoms with Gasteiger partial charge < -0.3 is 30.6 Å². The number of carbonyl (C=O) groups is 4. The molecule has 0 aromatic heterocycles. The second-order valence-electron chi connectivity index (χ2n) is 6.23. The molecular weight excluding hydrogens is 325 g/mol. The van der Waals surface area contributed by atoms with E-state index in [1.165, 1.54) is 6.92 Å². The Labute approximate surface area is 149 Å². The van der Waals surface area contributed by atoms with Gasteiger partial charge in [-0.1, -0.05) is 0 Å². The van der Waals surface area contributed by atoms with Crippen molar-refractivity contribution in [2.45, 2.75) is 44.3 Å². The predicted octanol–water partition coefficient (Wildman–Crippen LogP) is -4.48. The van der Waals surface area contributed by atoms with E-state index in [2.05, 4.69) is 15.8 Å². The SMILES string of the molecule is BBNC1CN(C(=O)CC(=O)NC(CCC(C)=O)C(=O)O)CC1NB. The average molecular weight is 350 g/mol. The first-order chi connectivity index (χ1) is 11.8. The molecule has 0 spiro atoms. The van der Waals surface area contributed by atoms with Crippen molar-refractivity contribution < 1.29 is 24.3 Å². The number of amides is 2. The number of nitrogens with one attached hydrogen (secondary N) is 3. The molecule has 0 saturated carbocycles. The van der Waals surface area contributed by atoms with Crippen LogP contribution in [0.15, 0.2) is 0 Å². The summed E-state index contributed by atoms with van der Waals surface area (Å²) in [4.78, 5) is 48.0. The fraction of sp³-hybridized carbons (Fsp3) is 0.692. The number of rotatable bonds is 10. The summed E-state index contributed by atoms with van der Waals surface area (Å²) < 4.78 is 0. The molecule has 1 fully saturated rings. The Hall–Kier alpha value is -1.81. The van der Waals surface area contributed by atoms with Crippen molar-refractivity contribution >= 4 is 46.6 Å². The van der Waals surface area contributed by atoms with Gasteiger partial charge in [-0.15, -0.1) is 0 Å². The summed E-state index contributed by atoms with van der Waals surface area (Å²) in [6.45, 7) is 2.35. The molecule has 9 nitrogen and oxygen atoms in total. The van der Waals surface area contributed by atoms with Gasteiger partial charge in [0.1, 0.15) is 18.2 Å². The van der Waals surface area contributed by atoms with Gasteiger partial charge in [-0.3, -0.25) is 9.59 Å². The van der Waals surface area contributed by atoms with E-state index in [0.717, 1.165) is 7.31 Å². The maximum absolute atomic E-state index is 12.3. The quantitative estimate of drug-likeness (QED) is 0.231. The Morgan fingerprint density at radius 2 is 1.92 bits per heavy atom. The highest BCUT2D eigenvalue weighted by Crippen LogP contribution is 2.11. The topological polar surface area (TPSA) is 128 Å². The van der Waals surface area contributed by atoms with E-state index in [1.807, 2.05) is 15.7 Å². The van der Waals surface area contributed by atoms with Crippen molar-refractivity contribution in [3.05, 3.63) is 0 Å². The van der Waals surface area contributed by atoms with Gasteiger partial charge in [-0.05, 0) is 13.3 Å². The number of Topliss-reactive ketones (excluding diaryl/α,β-unsaturated/α-hetero) is 1. The van der Waals surface area contributed by atoms with E-state index < -0.39 is 24.3 Å². The monoisotopic (exact) mass is 350 g/mol. The fourth-order valence-corrected chi connectivity index (χ4v) is 2.87. The van der Waals surface area contributed by atoms with Gasteiger partial charge >= 0.3 is 5.97 Å². The molecule has 3 atom stereocenters. The number of nitrogens with zero attached hydrogens (tertiary/aromatic N) is 1. The Balaban J connectivity index is 2.53. The molecule has 4 N–H and O–H groups in total. The standard InChI is InChI=1S/C13H25B3N4O5/c1-7(21)2-3-8(13(24)25)17-11(22)4-12(23)20-5-9(18-15)10(6-20)19-16-14/h8-10,16,18-19H,2-6,14-15H2,1H3,(H,17,22)(H,24,25). The third-order valence-corrected chi connectivity index (χ3v) is 4.24. The lowest BCUT2D eigenvalue weighted by atomic mass is 9.66. The second kappa shape index (κ2) is 10.2. The molecule has 1 rings (SSSR count). The molecule has 0 aliphatic carbocycles. The molecule has 1 saturated heterocycles. The van der Waals surface area contributed by atoms with Gasteiger partial charge in [-0.25, -0.2) is 4.79 Å². The van der Waals surface area contributed by atoms with Crippen LogP contribution >= 0.6 is 0 Å². The minimum absolute atomic E-state index is 0.0125. The number of hydrogen-bond donors (Lipinski definition) is 4. The Morgan fingerprint density at radius 3 is 2.44 bits per heavy atom. The van der Waals surface area contributed by atoms with Crippen LogP contribution in [0.4, 0.5) is 0 Å².